The monoisotopic (exact) mass is 409 g/mol. The number of piperidine rings is 1. The molecule has 1 fully saturated rings. The number of hydrogen-bond donors (Lipinski definition) is 2. The van der Waals surface area contributed by atoms with Gasteiger partial charge in [-0.25, -0.2) is 0 Å². The Morgan fingerprint density at radius 1 is 1.10 bits per heavy atom. The third-order valence-corrected chi connectivity index (χ3v) is 5.94. The lowest BCUT2D eigenvalue weighted by Crippen LogP contribution is -2.45. The quantitative estimate of drug-likeness (QED) is 0.670. The van der Waals surface area contributed by atoms with Gasteiger partial charge in [-0.05, 0) is 36.1 Å². The Morgan fingerprint density at radius 2 is 1.90 bits per heavy atom. The molecule has 5 nitrogen and oxygen atoms in total. The summed E-state index contributed by atoms with van der Waals surface area (Å²) >= 11 is 6.16. The van der Waals surface area contributed by atoms with Crippen LogP contribution in [0.4, 0.5) is 0 Å². The second-order valence-electron chi connectivity index (χ2n) is 7.52. The van der Waals surface area contributed by atoms with Gasteiger partial charge in [0.1, 0.15) is 0 Å². The number of carbonyl (C=O) groups is 2. The first-order valence-corrected chi connectivity index (χ1v) is 10.3. The molecule has 1 aliphatic heterocycles. The predicted octanol–water partition coefficient (Wildman–Crippen LogP) is 3.92. The molecular formula is C23H24ClN3O2. The van der Waals surface area contributed by atoms with Crippen LogP contribution in [0.1, 0.15) is 24.0 Å². The van der Waals surface area contributed by atoms with Crippen molar-refractivity contribution in [2.45, 2.75) is 25.8 Å². The van der Waals surface area contributed by atoms with Crippen molar-refractivity contribution in [2.75, 3.05) is 13.1 Å². The number of rotatable bonds is 5. The van der Waals surface area contributed by atoms with Crippen molar-refractivity contribution in [1.82, 2.24) is 15.2 Å². The first-order chi connectivity index (χ1) is 14.1. The standard InChI is InChI=1S/C23H24ClN3O2/c24-20-9-3-1-6-16(20)13-26-23(29)17-7-5-11-27(15-17)22(28)12-18-14-25-21-10-4-2-8-19(18)21/h1-4,6,8-10,14,17,25H,5,7,11-13,15H2,(H,26,29)/t17-/m1/s1. The second-order valence-corrected chi connectivity index (χ2v) is 7.93. The number of aromatic amines is 1. The Hall–Kier alpha value is -2.79. The molecule has 29 heavy (non-hydrogen) atoms. The molecule has 0 bridgehead atoms. The minimum absolute atomic E-state index is 0.0190. The molecule has 2 amide bonds. The molecule has 2 heterocycles. The average Bonchev–Trinajstić information content (AvgIpc) is 3.16. The summed E-state index contributed by atoms with van der Waals surface area (Å²) in [6.07, 6.45) is 3.88. The average molecular weight is 410 g/mol. The molecule has 0 spiro atoms. The van der Waals surface area contributed by atoms with Crippen LogP contribution in [-0.2, 0) is 22.6 Å². The van der Waals surface area contributed by atoms with E-state index in [1.54, 1.807) is 0 Å². The van der Waals surface area contributed by atoms with E-state index in [9.17, 15) is 9.59 Å². The molecule has 1 aliphatic rings. The van der Waals surface area contributed by atoms with Crippen LogP contribution in [0.2, 0.25) is 5.02 Å². The van der Waals surface area contributed by atoms with Gasteiger partial charge in [0.25, 0.3) is 0 Å². The summed E-state index contributed by atoms with van der Waals surface area (Å²) in [5, 5.41) is 4.69. The summed E-state index contributed by atoms with van der Waals surface area (Å²) in [6, 6.07) is 15.5. The first-order valence-electron chi connectivity index (χ1n) is 9.95. The smallest absolute Gasteiger partial charge is 0.227 e. The van der Waals surface area contributed by atoms with Crippen molar-refractivity contribution in [3.63, 3.8) is 0 Å². The van der Waals surface area contributed by atoms with Crippen molar-refractivity contribution in [2.24, 2.45) is 5.92 Å². The van der Waals surface area contributed by atoms with Gasteiger partial charge in [0, 0.05) is 41.8 Å². The maximum absolute atomic E-state index is 12.9. The second kappa shape index (κ2) is 8.70. The third kappa shape index (κ3) is 4.46. The fourth-order valence-electron chi connectivity index (χ4n) is 3.94. The topological polar surface area (TPSA) is 65.2 Å². The van der Waals surface area contributed by atoms with Crippen LogP contribution in [0.25, 0.3) is 10.9 Å². The number of hydrogen-bond acceptors (Lipinski definition) is 2. The Kier molecular flexibility index (Phi) is 5.86. The Labute approximate surface area is 175 Å². The lowest BCUT2D eigenvalue weighted by atomic mass is 9.96. The minimum Gasteiger partial charge on any atom is -0.361 e. The number of nitrogens with one attached hydrogen (secondary N) is 2. The van der Waals surface area contributed by atoms with E-state index in [0.717, 1.165) is 34.9 Å². The number of benzene rings is 2. The van der Waals surface area contributed by atoms with Gasteiger partial charge in [-0.1, -0.05) is 48.0 Å². The summed E-state index contributed by atoms with van der Waals surface area (Å²) in [7, 11) is 0. The number of fused-ring (bicyclic) bond motifs is 1. The number of nitrogens with zero attached hydrogens (tertiary/aromatic N) is 1. The normalized spacial score (nSPS) is 16.7. The molecule has 0 aliphatic carbocycles. The summed E-state index contributed by atoms with van der Waals surface area (Å²) in [4.78, 5) is 30.5. The fourth-order valence-corrected chi connectivity index (χ4v) is 4.14. The predicted molar refractivity (Wildman–Crippen MR) is 115 cm³/mol. The first kappa shape index (κ1) is 19.5. The molecular weight excluding hydrogens is 386 g/mol. The van der Waals surface area contributed by atoms with Gasteiger partial charge in [0.15, 0.2) is 0 Å². The fraction of sp³-hybridized carbons (Fsp3) is 0.304. The highest BCUT2D eigenvalue weighted by Gasteiger charge is 2.28. The SMILES string of the molecule is O=C(NCc1ccccc1Cl)[C@@H]1CCCN(C(=O)Cc2c[nH]c3ccccc23)C1. The number of para-hydroxylation sites is 1. The van der Waals surface area contributed by atoms with E-state index in [-0.39, 0.29) is 17.7 Å². The molecule has 2 N–H and O–H groups in total. The maximum atomic E-state index is 12.9. The van der Waals surface area contributed by atoms with Gasteiger partial charge in [-0.15, -0.1) is 0 Å². The molecule has 6 heteroatoms. The highest BCUT2D eigenvalue weighted by Crippen LogP contribution is 2.22. The Bertz CT molecular complexity index is 1030. The van der Waals surface area contributed by atoms with Crippen LogP contribution in [0.3, 0.4) is 0 Å². The van der Waals surface area contributed by atoms with Crippen LogP contribution in [0, 0.1) is 5.92 Å². The van der Waals surface area contributed by atoms with Gasteiger partial charge >= 0.3 is 0 Å². The summed E-state index contributed by atoms with van der Waals surface area (Å²) in [6.45, 7) is 1.57. The van der Waals surface area contributed by atoms with E-state index in [2.05, 4.69) is 10.3 Å². The van der Waals surface area contributed by atoms with Crippen molar-refractivity contribution >= 4 is 34.3 Å². The third-order valence-electron chi connectivity index (χ3n) is 5.57. The van der Waals surface area contributed by atoms with E-state index in [0.29, 0.717) is 31.1 Å². The Morgan fingerprint density at radius 3 is 2.76 bits per heavy atom. The van der Waals surface area contributed by atoms with Crippen molar-refractivity contribution in [1.29, 1.82) is 0 Å². The number of amides is 2. The maximum Gasteiger partial charge on any atom is 0.227 e. The van der Waals surface area contributed by atoms with E-state index in [1.807, 2.05) is 59.6 Å². The number of H-pyrrole nitrogens is 1. The molecule has 0 unspecified atom stereocenters. The molecule has 0 radical (unpaired) electrons. The summed E-state index contributed by atoms with van der Waals surface area (Å²) in [5.74, 6) is -0.133. The van der Waals surface area contributed by atoms with Gasteiger partial charge in [0.2, 0.25) is 11.8 Å². The highest BCUT2D eigenvalue weighted by atomic mass is 35.5. The molecule has 1 atom stereocenters. The van der Waals surface area contributed by atoms with Gasteiger partial charge in [-0.3, -0.25) is 9.59 Å². The van der Waals surface area contributed by atoms with Gasteiger partial charge in [-0.2, -0.15) is 0 Å². The van der Waals surface area contributed by atoms with Crippen LogP contribution in [0.5, 0.6) is 0 Å². The number of likely N-dealkylation sites (tertiary alicyclic amines) is 1. The molecule has 2 aromatic carbocycles. The van der Waals surface area contributed by atoms with E-state index < -0.39 is 0 Å². The van der Waals surface area contributed by atoms with Crippen LogP contribution < -0.4 is 5.32 Å². The zero-order valence-electron chi connectivity index (χ0n) is 16.2. The van der Waals surface area contributed by atoms with Crippen molar-refractivity contribution in [3.05, 3.63) is 70.9 Å². The van der Waals surface area contributed by atoms with E-state index in [1.165, 1.54) is 0 Å². The van der Waals surface area contributed by atoms with Crippen molar-refractivity contribution < 1.29 is 9.59 Å². The summed E-state index contributed by atoms with van der Waals surface area (Å²) < 4.78 is 0. The van der Waals surface area contributed by atoms with Crippen LogP contribution in [0.15, 0.2) is 54.7 Å². The number of carbonyl (C=O) groups excluding carboxylic acids is 2. The van der Waals surface area contributed by atoms with E-state index >= 15 is 0 Å². The van der Waals surface area contributed by atoms with Gasteiger partial charge < -0.3 is 15.2 Å². The molecule has 150 valence electrons. The minimum atomic E-state index is -0.182. The van der Waals surface area contributed by atoms with E-state index in [4.69, 9.17) is 11.6 Å². The molecule has 1 saturated heterocycles. The highest BCUT2D eigenvalue weighted by molar-refractivity contribution is 6.31. The molecule has 1 aromatic heterocycles. The zero-order chi connectivity index (χ0) is 20.2. The molecule has 0 saturated carbocycles. The van der Waals surface area contributed by atoms with Gasteiger partial charge in [0.05, 0.1) is 12.3 Å². The zero-order valence-corrected chi connectivity index (χ0v) is 16.9. The van der Waals surface area contributed by atoms with Crippen LogP contribution >= 0.6 is 11.6 Å². The lowest BCUT2D eigenvalue weighted by molar-refractivity contribution is -0.135. The number of halogens is 1. The molecule has 3 aromatic rings. The summed E-state index contributed by atoms with van der Waals surface area (Å²) in [5.41, 5.74) is 2.92. The van der Waals surface area contributed by atoms with Crippen molar-refractivity contribution in [3.8, 4) is 0 Å². The Balaban J connectivity index is 1.35. The largest absolute Gasteiger partial charge is 0.361 e. The lowest BCUT2D eigenvalue weighted by Gasteiger charge is -2.32. The number of aromatic nitrogens is 1. The molecule has 4 rings (SSSR count). The van der Waals surface area contributed by atoms with Crippen LogP contribution in [-0.4, -0.2) is 34.8 Å².